The van der Waals surface area contributed by atoms with Crippen LogP contribution in [0.5, 0.6) is 0 Å². The monoisotopic (exact) mass is 300 g/mol. The van der Waals surface area contributed by atoms with E-state index in [-0.39, 0.29) is 0 Å². The second kappa shape index (κ2) is 7.19. The molecule has 1 atom stereocenters. The molecule has 1 fully saturated rings. The van der Waals surface area contributed by atoms with E-state index in [9.17, 15) is 0 Å². The van der Waals surface area contributed by atoms with Crippen LogP contribution in [0.3, 0.4) is 0 Å². The second-order valence-corrected chi connectivity index (χ2v) is 6.86. The molecule has 21 heavy (non-hydrogen) atoms. The Morgan fingerprint density at radius 2 is 1.95 bits per heavy atom. The average Bonchev–Trinajstić information content (AvgIpc) is 3.03. The lowest BCUT2D eigenvalue weighted by molar-refractivity contribution is 0.441. The maximum atomic E-state index is 4.93. The second-order valence-electron chi connectivity index (χ2n) is 5.97. The van der Waals surface area contributed by atoms with Gasteiger partial charge in [-0.05, 0) is 25.5 Å². The van der Waals surface area contributed by atoms with Gasteiger partial charge in [-0.1, -0.05) is 49.6 Å². The zero-order valence-electron chi connectivity index (χ0n) is 12.7. The smallest absolute Gasteiger partial charge is 0.0959 e. The summed E-state index contributed by atoms with van der Waals surface area (Å²) in [5, 5.41) is 7.05. The van der Waals surface area contributed by atoms with Gasteiger partial charge in [0.2, 0.25) is 0 Å². The minimum absolute atomic E-state index is 0.354. The van der Waals surface area contributed by atoms with E-state index in [2.05, 4.69) is 41.0 Å². The molecule has 0 aliphatic heterocycles. The fourth-order valence-corrected chi connectivity index (χ4v) is 4.24. The van der Waals surface area contributed by atoms with Crippen LogP contribution in [-0.2, 0) is 6.42 Å². The highest BCUT2D eigenvalue weighted by Crippen LogP contribution is 2.34. The molecule has 0 spiro atoms. The SMILES string of the molecule is CNC(Cc1csc(C2CCCCC2)n1)c1ccccc1. The molecule has 2 aromatic rings. The molecule has 2 nitrogen and oxygen atoms in total. The molecule has 1 heterocycles. The van der Waals surface area contributed by atoms with Crippen molar-refractivity contribution in [1.29, 1.82) is 0 Å². The summed E-state index contributed by atoms with van der Waals surface area (Å²) in [6.45, 7) is 0. The molecule has 3 rings (SSSR count). The number of nitrogens with zero attached hydrogens (tertiary/aromatic N) is 1. The first-order valence-electron chi connectivity index (χ1n) is 8.03. The van der Waals surface area contributed by atoms with E-state index in [4.69, 9.17) is 4.98 Å². The lowest BCUT2D eigenvalue weighted by atomic mass is 9.90. The normalized spacial score (nSPS) is 17.8. The van der Waals surface area contributed by atoms with Gasteiger partial charge in [0.1, 0.15) is 0 Å². The predicted octanol–water partition coefficient (Wildman–Crippen LogP) is 4.69. The molecular weight excluding hydrogens is 276 g/mol. The fraction of sp³-hybridized carbons (Fsp3) is 0.500. The Hall–Kier alpha value is -1.19. The van der Waals surface area contributed by atoms with Crippen LogP contribution in [-0.4, -0.2) is 12.0 Å². The average molecular weight is 300 g/mol. The van der Waals surface area contributed by atoms with Gasteiger partial charge in [-0.3, -0.25) is 0 Å². The number of benzene rings is 1. The van der Waals surface area contributed by atoms with Crippen molar-refractivity contribution in [3.05, 3.63) is 52.0 Å². The van der Waals surface area contributed by atoms with Crippen LogP contribution in [0.25, 0.3) is 0 Å². The van der Waals surface area contributed by atoms with Crippen LogP contribution < -0.4 is 5.32 Å². The van der Waals surface area contributed by atoms with Gasteiger partial charge in [-0.2, -0.15) is 0 Å². The Morgan fingerprint density at radius 3 is 2.67 bits per heavy atom. The molecule has 3 heteroatoms. The van der Waals surface area contributed by atoms with E-state index in [1.165, 1.54) is 48.4 Å². The van der Waals surface area contributed by atoms with E-state index in [1.54, 1.807) is 0 Å². The van der Waals surface area contributed by atoms with Crippen molar-refractivity contribution in [2.24, 2.45) is 0 Å². The zero-order valence-corrected chi connectivity index (χ0v) is 13.5. The van der Waals surface area contributed by atoms with E-state index in [1.807, 2.05) is 18.4 Å². The Morgan fingerprint density at radius 1 is 1.19 bits per heavy atom. The summed E-state index contributed by atoms with van der Waals surface area (Å²) in [5.74, 6) is 0.724. The fourth-order valence-electron chi connectivity index (χ4n) is 3.23. The molecular formula is C18H24N2S. The molecule has 1 aromatic carbocycles. The van der Waals surface area contributed by atoms with E-state index < -0.39 is 0 Å². The van der Waals surface area contributed by atoms with E-state index in [0.29, 0.717) is 6.04 Å². The number of thiazole rings is 1. The van der Waals surface area contributed by atoms with Gasteiger partial charge in [0.15, 0.2) is 0 Å². The summed E-state index contributed by atoms with van der Waals surface area (Å²) in [4.78, 5) is 4.93. The molecule has 0 amide bonds. The van der Waals surface area contributed by atoms with Crippen molar-refractivity contribution in [3.63, 3.8) is 0 Å². The number of aromatic nitrogens is 1. The van der Waals surface area contributed by atoms with Gasteiger partial charge >= 0.3 is 0 Å². The summed E-state index contributed by atoms with van der Waals surface area (Å²) < 4.78 is 0. The van der Waals surface area contributed by atoms with Gasteiger partial charge in [-0.15, -0.1) is 11.3 Å². The zero-order chi connectivity index (χ0) is 14.5. The van der Waals surface area contributed by atoms with Crippen molar-refractivity contribution in [3.8, 4) is 0 Å². The Balaban J connectivity index is 1.68. The largest absolute Gasteiger partial charge is 0.313 e. The molecule has 1 aromatic heterocycles. The highest BCUT2D eigenvalue weighted by atomic mass is 32.1. The summed E-state index contributed by atoms with van der Waals surface area (Å²) in [6.07, 6.45) is 7.81. The molecule has 1 unspecified atom stereocenters. The standard InChI is InChI=1S/C18H24N2S/c1-19-17(14-8-4-2-5-9-14)12-16-13-21-18(20-16)15-10-6-3-7-11-15/h2,4-5,8-9,13,15,17,19H,3,6-7,10-12H2,1H3. The molecule has 0 radical (unpaired) electrons. The Kier molecular flexibility index (Phi) is 5.04. The first-order chi connectivity index (χ1) is 10.4. The third kappa shape index (κ3) is 3.72. The number of rotatable bonds is 5. The van der Waals surface area contributed by atoms with Crippen LogP contribution >= 0.6 is 11.3 Å². The van der Waals surface area contributed by atoms with Crippen LogP contribution in [0.4, 0.5) is 0 Å². The minimum Gasteiger partial charge on any atom is -0.313 e. The third-order valence-corrected chi connectivity index (χ3v) is 5.54. The van der Waals surface area contributed by atoms with Gasteiger partial charge < -0.3 is 5.32 Å². The van der Waals surface area contributed by atoms with Crippen molar-refractivity contribution < 1.29 is 0 Å². The lowest BCUT2D eigenvalue weighted by Gasteiger charge is -2.19. The van der Waals surface area contributed by atoms with Crippen LogP contribution in [0.1, 0.15) is 60.3 Å². The van der Waals surface area contributed by atoms with Crippen LogP contribution in [0.2, 0.25) is 0 Å². The summed E-state index contributed by atoms with van der Waals surface area (Å²) in [5.41, 5.74) is 2.58. The van der Waals surface area contributed by atoms with Crippen LogP contribution in [0, 0.1) is 0 Å². The topological polar surface area (TPSA) is 24.9 Å². The Bertz CT molecular complexity index is 543. The highest BCUT2D eigenvalue weighted by Gasteiger charge is 2.19. The minimum atomic E-state index is 0.354. The molecule has 0 bridgehead atoms. The third-order valence-electron chi connectivity index (χ3n) is 4.49. The summed E-state index contributed by atoms with van der Waals surface area (Å²) in [6, 6.07) is 11.0. The number of hydrogen-bond acceptors (Lipinski definition) is 3. The van der Waals surface area contributed by atoms with E-state index >= 15 is 0 Å². The maximum absolute atomic E-state index is 4.93. The molecule has 0 saturated heterocycles. The Labute approximate surface area is 131 Å². The lowest BCUT2D eigenvalue weighted by Crippen LogP contribution is -2.19. The molecule has 1 aliphatic carbocycles. The van der Waals surface area contributed by atoms with Gasteiger partial charge in [-0.25, -0.2) is 4.98 Å². The molecule has 1 N–H and O–H groups in total. The van der Waals surface area contributed by atoms with Crippen molar-refractivity contribution >= 4 is 11.3 Å². The number of nitrogens with one attached hydrogen (secondary N) is 1. The van der Waals surface area contributed by atoms with E-state index in [0.717, 1.165) is 12.3 Å². The summed E-state index contributed by atoms with van der Waals surface area (Å²) in [7, 11) is 2.03. The number of likely N-dealkylation sites (N-methyl/N-ethyl adjacent to an activating group) is 1. The first-order valence-corrected chi connectivity index (χ1v) is 8.91. The first kappa shape index (κ1) is 14.7. The van der Waals surface area contributed by atoms with Crippen LogP contribution in [0.15, 0.2) is 35.7 Å². The quantitative estimate of drug-likeness (QED) is 0.866. The maximum Gasteiger partial charge on any atom is 0.0959 e. The van der Waals surface area contributed by atoms with Crippen molar-refractivity contribution in [1.82, 2.24) is 10.3 Å². The van der Waals surface area contributed by atoms with Gasteiger partial charge in [0, 0.05) is 23.8 Å². The van der Waals surface area contributed by atoms with Crippen molar-refractivity contribution in [2.75, 3.05) is 7.05 Å². The molecule has 112 valence electrons. The number of hydrogen-bond donors (Lipinski definition) is 1. The summed E-state index contributed by atoms with van der Waals surface area (Å²) >= 11 is 1.86. The molecule has 1 aliphatic rings. The predicted molar refractivity (Wildman–Crippen MR) is 89.9 cm³/mol. The highest BCUT2D eigenvalue weighted by molar-refractivity contribution is 7.09. The van der Waals surface area contributed by atoms with Gasteiger partial charge in [0.05, 0.1) is 10.7 Å². The molecule has 1 saturated carbocycles. The van der Waals surface area contributed by atoms with Crippen molar-refractivity contribution in [2.45, 2.75) is 50.5 Å². The van der Waals surface area contributed by atoms with Gasteiger partial charge in [0.25, 0.3) is 0 Å².